The van der Waals surface area contributed by atoms with E-state index in [0.717, 1.165) is 0 Å². The maximum Gasteiger partial charge on any atom is 0.138 e. The molecule has 0 spiro atoms. The minimum Gasteiger partial charge on any atom is -0.229 e. The lowest BCUT2D eigenvalue weighted by molar-refractivity contribution is 0.660. The Hall–Kier alpha value is -1.19. The van der Waals surface area contributed by atoms with Crippen LogP contribution in [0, 0.1) is 0 Å². The van der Waals surface area contributed by atoms with E-state index in [0.29, 0.717) is 6.54 Å². The van der Waals surface area contributed by atoms with Crippen molar-refractivity contribution < 1.29 is 0 Å². The van der Waals surface area contributed by atoms with E-state index < -0.39 is 0 Å². The molecule has 0 aliphatic heterocycles. The highest BCUT2D eigenvalue weighted by Gasteiger charge is 1.82. The summed E-state index contributed by atoms with van der Waals surface area (Å²) in [6.45, 7) is 4.19. The Morgan fingerprint density at radius 1 is 1.75 bits per heavy atom. The molecule has 1 rings (SSSR count). The van der Waals surface area contributed by atoms with Crippen LogP contribution in [0.4, 0.5) is 0 Å². The Labute approximate surface area is 46.8 Å². The molecule has 0 radical (unpaired) electrons. The third kappa shape index (κ3) is 0.900. The predicted octanol–water partition coefficient (Wildman–Crippen LogP) is -0.141. The van der Waals surface area contributed by atoms with Crippen LogP contribution >= 0.6 is 0 Å². The van der Waals surface area contributed by atoms with E-state index in [1.165, 1.54) is 0 Å². The van der Waals surface area contributed by atoms with Crippen LogP contribution in [-0.4, -0.2) is 20.2 Å². The van der Waals surface area contributed by atoms with Crippen LogP contribution in [0.1, 0.15) is 0 Å². The summed E-state index contributed by atoms with van der Waals surface area (Å²) in [5, 5.41) is 10.4. The minimum absolute atomic E-state index is 0.674. The number of tetrazole rings is 1. The SMILES string of the molecule is C=CCn1cnnn1. The molecule has 0 bridgehead atoms. The van der Waals surface area contributed by atoms with Gasteiger partial charge in [0.2, 0.25) is 0 Å². The summed E-state index contributed by atoms with van der Waals surface area (Å²) in [4.78, 5) is 0. The molecule has 1 aromatic rings. The summed E-state index contributed by atoms with van der Waals surface area (Å²) in [6, 6.07) is 0. The van der Waals surface area contributed by atoms with Crippen molar-refractivity contribution in [2.45, 2.75) is 6.54 Å². The fraction of sp³-hybridized carbons (Fsp3) is 0.250. The second-order valence-electron chi connectivity index (χ2n) is 1.32. The summed E-state index contributed by atoms with van der Waals surface area (Å²) in [5.41, 5.74) is 0. The highest BCUT2D eigenvalue weighted by molar-refractivity contribution is 4.65. The van der Waals surface area contributed by atoms with E-state index in [1.54, 1.807) is 17.1 Å². The van der Waals surface area contributed by atoms with Crippen molar-refractivity contribution in [3.8, 4) is 0 Å². The summed E-state index contributed by atoms with van der Waals surface area (Å²) in [6.07, 6.45) is 3.28. The molecule has 42 valence electrons. The topological polar surface area (TPSA) is 43.6 Å². The largest absolute Gasteiger partial charge is 0.229 e. The van der Waals surface area contributed by atoms with E-state index in [9.17, 15) is 0 Å². The number of allylic oxidation sites excluding steroid dienone is 1. The highest BCUT2D eigenvalue weighted by Crippen LogP contribution is 1.74. The molecule has 0 saturated heterocycles. The minimum atomic E-state index is 0.674. The first-order valence-electron chi connectivity index (χ1n) is 2.25. The lowest BCUT2D eigenvalue weighted by Crippen LogP contribution is -1.94. The fourth-order valence-corrected chi connectivity index (χ4v) is 0.396. The molecule has 0 amide bonds. The molecule has 0 aliphatic rings. The second kappa shape index (κ2) is 2.20. The lowest BCUT2D eigenvalue weighted by Gasteiger charge is -1.85. The first-order valence-corrected chi connectivity index (χ1v) is 2.25. The van der Waals surface area contributed by atoms with Gasteiger partial charge in [-0.15, -0.1) is 11.7 Å². The average molecular weight is 110 g/mol. The van der Waals surface area contributed by atoms with Gasteiger partial charge in [-0.2, -0.15) is 0 Å². The summed E-state index contributed by atoms with van der Waals surface area (Å²) in [7, 11) is 0. The van der Waals surface area contributed by atoms with Crippen molar-refractivity contribution in [1.29, 1.82) is 0 Å². The van der Waals surface area contributed by atoms with Gasteiger partial charge in [0.15, 0.2) is 0 Å². The van der Waals surface area contributed by atoms with Crippen LogP contribution in [0.15, 0.2) is 19.0 Å². The molecular formula is C4H6N4. The summed E-state index contributed by atoms with van der Waals surface area (Å²) < 4.78 is 1.59. The second-order valence-corrected chi connectivity index (χ2v) is 1.32. The zero-order valence-electron chi connectivity index (χ0n) is 4.36. The van der Waals surface area contributed by atoms with Crippen molar-refractivity contribution in [2.24, 2.45) is 0 Å². The van der Waals surface area contributed by atoms with Crippen molar-refractivity contribution in [2.75, 3.05) is 0 Å². The zero-order valence-corrected chi connectivity index (χ0v) is 4.36. The number of rotatable bonds is 2. The van der Waals surface area contributed by atoms with Crippen LogP contribution in [0.25, 0.3) is 0 Å². The Balaban J connectivity index is 2.62. The van der Waals surface area contributed by atoms with Crippen molar-refractivity contribution in [1.82, 2.24) is 20.2 Å². The molecule has 0 saturated carbocycles. The maximum absolute atomic E-state index is 3.59. The third-order valence-electron chi connectivity index (χ3n) is 0.708. The first-order chi connectivity index (χ1) is 3.93. The van der Waals surface area contributed by atoms with E-state index >= 15 is 0 Å². The molecule has 0 atom stereocenters. The van der Waals surface area contributed by atoms with Gasteiger partial charge in [0.05, 0.1) is 6.54 Å². The van der Waals surface area contributed by atoms with Crippen LogP contribution in [0.5, 0.6) is 0 Å². The molecule has 0 N–H and O–H groups in total. The molecular weight excluding hydrogens is 104 g/mol. The van der Waals surface area contributed by atoms with Crippen LogP contribution < -0.4 is 0 Å². The summed E-state index contributed by atoms with van der Waals surface area (Å²) in [5.74, 6) is 0. The molecule has 4 heteroatoms. The van der Waals surface area contributed by atoms with Gasteiger partial charge in [0, 0.05) is 0 Å². The van der Waals surface area contributed by atoms with Crippen molar-refractivity contribution in [3.63, 3.8) is 0 Å². The van der Waals surface area contributed by atoms with Gasteiger partial charge >= 0.3 is 0 Å². The average Bonchev–Trinajstić information content (AvgIpc) is 2.19. The zero-order chi connectivity index (χ0) is 5.82. The Bertz CT molecular complexity index is 155. The van der Waals surface area contributed by atoms with E-state index in [4.69, 9.17) is 0 Å². The monoisotopic (exact) mass is 110 g/mol. The summed E-state index contributed by atoms with van der Waals surface area (Å²) >= 11 is 0. The number of nitrogens with zero attached hydrogens (tertiary/aromatic N) is 4. The van der Waals surface area contributed by atoms with Gasteiger partial charge in [-0.25, -0.2) is 4.68 Å². The number of aromatic nitrogens is 4. The normalized spacial score (nSPS) is 9.00. The quantitative estimate of drug-likeness (QED) is 0.497. The molecule has 0 unspecified atom stereocenters. The lowest BCUT2D eigenvalue weighted by atomic mass is 10.6. The van der Waals surface area contributed by atoms with Gasteiger partial charge < -0.3 is 0 Å². The Morgan fingerprint density at radius 3 is 3.12 bits per heavy atom. The number of hydrogen-bond acceptors (Lipinski definition) is 3. The molecule has 0 aromatic carbocycles. The Morgan fingerprint density at radius 2 is 2.62 bits per heavy atom. The first kappa shape index (κ1) is 4.96. The van der Waals surface area contributed by atoms with E-state index in [2.05, 4.69) is 22.1 Å². The fourth-order valence-electron chi connectivity index (χ4n) is 0.396. The van der Waals surface area contributed by atoms with Crippen LogP contribution in [0.3, 0.4) is 0 Å². The maximum atomic E-state index is 3.59. The standard InChI is InChI=1S/C4H6N4/c1-2-3-8-4-5-6-7-8/h2,4H,1,3H2. The van der Waals surface area contributed by atoms with Crippen molar-refractivity contribution >= 4 is 0 Å². The van der Waals surface area contributed by atoms with Crippen LogP contribution in [0.2, 0.25) is 0 Å². The van der Waals surface area contributed by atoms with Gasteiger partial charge in [-0.1, -0.05) is 6.08 Å². The van der Waals surface area contributed by atoms with E-state index in [-0.39, 0.29) is 0 Å². The van der Waals surface area contributed by atoms with Gasteiger partial charge in [0.25, 0.3) is 0 Å². The van der Waals surface area contributed by atoms with Gasteiger partial charge in [0.1, 0.15) is 6.33 Å². The third-order valence-corrected chi connectivity index (χ3v) is 0.708. The number of hydrogen-bond donors (Lipinski definition) is 0. The molecule has 8 heavy (non-hydrogen) atoms. The predicted molar refractivity (Wildman–Crippen MR) is 28.0 cm³/mol. The van der Waals surface area contributed by atoms with Crippen molar-refractivity contribution in [3.05, 3.63) is 19.0 Å². The Kier molecular flexibility index (Phi) is 1.37. The molecule has 0 aliphatic carbocycles. The smallest absolute Gasteiger partial charge is 0.138 e. The molecule has 1 heterocycles. The van der Waals surface area contributed by atoms with E-state index in [1.807, 2.05) is 0 Å². The van der Waals surface area contributed by atoms with Gasteiger partial charge in [-0.3, -0.25) is 0 Å². The molecule has 0 fully saturated rings. The highest BCUT2D eigenvalue weighted by atomic mass is 15.5. The molecule has 1 aromatic heterocycles. The van der Waals surface area contributed by atoms with Gasteiger partial charge in [-0.05, 0) is 10.4 Å². The molecule has 4 nitrogen and oxygen atoms in total. The van der Waals surface area contributed by atoms with Crippen LogP contribution in [-0.2, 0) is 6.54 Å².